The molecule has 0 aromatic heterocycles. The van der Waals surface area contributed by atoms with Gasteiger partial charge in [-0.15, -0.1) is 0 Å². The summed E-state index contributed by atoms with van der Waals surface area (Å²) in [5.74, 6) is -0.191. The number of ether oxygens (including phenoxy) is 1. The summed E-state index contributed by atoms with van der Waals surface area (Å²) in [6.07, 6.45) is 1.58. The van der Waals surface area contributed by atoms with Crippen LogP contribution >= 0.6 is 15.9 Å². The van der Waals surface area contributed by atoms with Crippen LogP contribution in [0, 0.1) is 0 Å². The highest BCUT2D eigenvalue weighted by Gasteiger charge is 2.35. The smallest absolute Gasteiger partial charge is 0.326 e. The standard InChI is InChI=1S/C16H24BrNO2/c1-5-12(3)18-16(4,15(19)20-6-2)11-13-7-9-14(17)10-8-13/h7-10,12,18H,5-6,11H2,1-4H3. The molecule has 1 rings (SSSR count). The Bertz CT molecular complexity index is 433. The highest BCUT2D eigenvalue weighted by Crippen LogP contribution is 2.19. The Balaban J connectivity index is 2.91. The molecule has 4 heteroatoms. The number of nitrogens with one attached hydrogen (secondary N) is 1. The molecule has 0 saturated heterocycles. The van der Waals surface area contributed by atoms with E-state index < -0.39 is 5.54 Å². The predicted molar refractivity (Wildman–Crippen MR) is 85.8 cm³/mol. The van der Waals surface area contributed by atoms with Crippen molar-refractivity contribution in [2.75, 3.05) is 6.61 Å². The van der Waals surface area contributed by atoms with E-state index in [1.165, 1.54) is 0 Å². The topological polar surface area (TPSA) is 38.3 Å². The summed E-state index contributed by atoms with van der Waals surface area (Å²) in [6.45, 7) is 8.33. The maximum atomic E-state index is 12.3. The average molecular weight is 342 g/mol. The quantitative estimate of drug-likeness (QED) is 0.768. The molecular weight excluding hydrogens is 318 g/mol. The zero-order valence-corrected chi connectivity index (χ0v) is 14.3. The van der Waals surface area contributed by atoms with Gasteiger partial charge in [-0.2, -0.15) is 0 Å². The molecule has 0 fully saturated rings. The van der Waals surface area contributed by atoms with Crippen LogP contribution in [0.1, 0.15) is 39.7 Å². The SMILES string of the molecule is CCOC(=O)C(C)(Cc1ccc(Br)cc1)NC(C)CC. The predicted octanol–water partition coefficient (Wildman–Crippen LogP) is 3.70. The Morgan fingerprint density at radius 3 is 2.45 bits per heavy atom. The number of esters is 1. The van der Waals surface area contributed by atoms with Gasteiger partial charge in [-0.1, -0.05) is 35.0 Å². The second-order valence-corrected chi connectivity index (χ2v) is 6.23. The van der Waals surface area contributed by atoms with Crippen LogP contribution in [-0.4, -0.2) is 24.2 Å². The van der Waals surface area contributed by atoms with Gasteiger partial charge in [0.05, 0.1) is 6.61 Å². The van der Waals surface area contributed by atoms with Crippen LogP contribution in [0.3, 0.4) is 0 Å². The molecule has 0 radical (unpaired) electrons. The van der Waals surface area contributed by atoms with Crippen LogP contribution in [-0.2, 0) is 16.0 Å². The molecule has 1 N–H and O–H groups in total. The van der Waals surface area contributed by atoms with E-state index >= 15 is 0 Å². The molecular formula is C16H24BrNO2. The summed E-state index contributed by atoms with van der Waals surface area (Å²) in [6, 6.07) is 8.30. The number of benzene rings is 1. The highest BCUT2D eigenvalue weighted by molar-refractivity contribution is 9.10. The fraction of sp³-hybridized carbons (Fsp3) is 0.562. The van der Waals surface area contributed by atoms with Gasteiger partial charge in [0.2, 0.25) is 0 Å². The van der Waals surface area contributed by atoms with E-state index in [9.17, 15) is 4.79 Å². The zero-order valence-electron chi connectivity index (χ0n) is 12.7. The molecule has 0 saturated carbocycles. The van der Waals surface area contributed by atoms with Crippen molar-refractivity contribution < 1.29 is 9.53 Å². The molecule has 1 aromatic carbocycles. The lowest BCUT2D eigenvalue weighted by Gasteiger charge is -2.31. The molecule has 20 heavy (non-hydrogen) atoms. The third-order valence-electron chi connectivity index (χ3n) is 3.37. The molecule has 2 unspecified atom stereocenters. The van der Waals surface area contributed by atoms with Crippen molar-refractivity contribution in [1.82, 2.24) is 5.32 Å². The van der Waals surface area contributed by atoms with Gasteiger partial charge in [0.25, 0.3) is 0 Å². The van der Waals surface area contributed by atoms with Crippen molar-refractivity contribution in [1.29, 1.82) is 0 Å². The van der Waals surface area contributed by atoms with Crippen LogP contribution in [0.25, 0.3) is 0 Å². The number of rotatable bonds is 7. The molecule has 3 nitrogen and oxygen atoms in total. The van der Waals surface area contributed by atoms with Gasteiger partial charge in [-0.25, -0.2) is 0 Å². The minimum absolute atomic E-state index is 0.191. The summed E-state index contributed by atoms with van der Waals surface area (Å²) in [7, 11) is 0. The third kappa shape index (κ3) is 4.91. The number of carbonyl (C=O) groups excluding carboxylic acids is 1. The normalized spacial score (nSPS) is 15.4. The van der Waals surface area contributed by atoms with E-state index in [1.54, 1.807) is 0 Å². The first kappa shape index (κ1) is 17.2. The molecule has 0 aliphatic carbocycles. The maximum absolute atomic E-state index is 12.3. The van der Waals surface area contributed by atoms with Crippen molar-refractivity contribution in [3.8, 4) is 0 Å². The van der Waals surface area contributed by atoms with Gasteiger partial charge in [0.1, 0.15) is 5.54 Å². The largest absolute Gasteiger partial charge is 0.465 e. The monoisotopic (exact) mass is 341 g/mol. The Morgan fingerprint density at radius 1 is 1.35 bits per heavy atom. The second kappa shape index (κ2) is 7.79. The Hall–Kier alpha value is -0.870. The molecule has 0 amide bonds. The number of hydrogen-bond donors (Lipinski definition) is 1. The molecule has 0 aliphatic rings. The molecule has 112 valence electrons. The lowest BCUT2D eigenvalue weighted by Crippen LogP contribution is -2.55. The van der Waals surface area contributed by atoms with E-state index in [-0.39, 0.29) is 12.0 Å². The van der Waals surface area contributed by atoms with Crippen molar-refractivity contribution in [3.05, 3.63) is 34.3 Å². The number of halogens is 1. The molecule has 0 spiro atoms. The van der Waals surface area contributed by atoms with Crippen molar-refractivity contribution >= 4 is 21.9 Å². The summed E-state index contributed by atoms with van der Waals surface area (Å²) in [5, 5.41) is 3.40. The van der Waals surface area contributed by atoms with E-state index in [2.05, 4.69) is 35.1 Å². The van der Waals surface area contributed by atoms with Gasteiger partial charge in [0.15, 0.2) is 0 Å². The lowest BCUT2D eigenvalue weighted by molar-refractivity contribution is -0.150. The van der Waals surface area contributed by atoms with Crippen LogP contribution < -0.4 is 5.32 Å². The van der Waals surface area contributed by atoms with E-state index in [1.807, 2.05) is 38.1 Å². The fourth-order valence-electron chi connectivity index (χ4n) is 2.13. The van der Waals surface area contributed by atoms with Crippen LogP contribution in [0.15, 0.2) is 28.7 Å². The average Bonchev–Trinajstić information content (AvgIpc) is 2.41. The fourth-order valence-corrected chi connectivity index (χ4v) is 2.39. The lowest BCUT2D eigenvalue weighted by atomic mass is 9.91. The van der Waals surface area contributed by atoms with E-state index in [0.29, 0.717) is 13.0 Å². The summed E-state index contributed by atoms with van der Waals surface area (Å²) < 4.78 is 6.27. The van der Waals surface area contributed by atoms with Gasteiger partial charge in [0, 0.05) is 16.9 Å². The highest BCUT2D eigenvalue weighted by atomic mass is 79.9. The third-order valence-corrected chi connectivity index (χ3v) is 3.90. The molecule has 0 bridgehead atoms. The molecule has 0 heterocycles. The van der Waals surface area contributed by atoms with E-state index in [0.717, 1.165) is 16.5 Å². The first-order valence-corrected chi connectivity index (χ1v) is 7.90. The Labute approximate surface area is 130 Å². The summed E-state index contributed by atoms with van der Waals surface area (Å²) >= 11 is 3.42. The molecule has 0 aliphatic heterocycles. The summed E-state index contributed by atoms with van der Waals surface area (Å²) in [5.41, 5.74) is 0.416. The zero-order chi connectivity index (χ0) is 15.2. The molecule has 2 atom stereocenters. The van der Waals surface area contributed by atoms with E-state index in [4.69, 9.17) is 4.74 Å². The minimum Gasteiger partial charge on any atom is -0.465 e. The molecule has 1 aromatic rings. The van der Waals surface area contributed by atoms with Gasteiger partial charge in [-0.3, -0.25) is 10.1 Å². The van der Waals surface area contributed by atoms with Gasteiger partial charge < -0.3 is 4.74 Å². The van der Waals surface area contributed by atoms with Crippen molar-refractivity contribution in [2.45, 2.75) is 52.1 Å². The number of carbonyl (C=O) groups is 1. The minimum atomic E-state index is -0.695. The Kier molecular flexibility index (Phi) is 6.69. The van der Waals surface area contributed by atoms with Gasteiger partial charge in [-0.05, 0) is 44.9 Å². The second-order valence-electron chi connectivity index (χ2n) is 5.31. The van der Waals surface area contributed by atoms with Crippen LogP contribution in [0.2, 0.25) is 0 Å². The maximum Gasteiger partial charge on any atom is 0.326 e. The first-order chi connectivity index (χ1) is 9.41. The van der Waals surface area contributed by atoms with Crippen LogP contribution in [0.4, 0.5) is 0 Å². The van der Waals surface area contributed by atoms with Gasteiger partial charge >= 0.3 is 5.97 Å². The van der Waals surface area contributed by atoms with Crippen molar-refractivity contribution in [3.63, 3.8) is 0 Å². The van der Waals surface area contributed by atoms with Crippen LogP contribution in [0.5, 0.6) is 0 Å². The van der Waals surface area contributed by atoms with Crippen molar-refractivity contribution in [2.24, 2.45) is 0 Å². The Morgan fingerprint density at radius 2 is 1.95 bits per heavy atom. The summed E-state index contributed by atoms with van der Waals surface area (Å²) in [4.78, 5) is 12.3. The number of hydrogen-bond acceptors (Lipinski definition) is 3. The first-order valence-electron chi connectivity index (χ1n) is 7.10.